The maximum atomic E-state index is 5.47. The molecule has 1 fully saturated rings. The molecular weight excluding hydrogens is 252 g/mol. The van der Waals surface area contributed by atoms with Crippen molar-refractivity contribution in [2.45, 2.75) is 6.92 Å². The molecule has 0 radical (unpaired) electrons. The number of aromatic nitrogens is 1. The molecule has 0 aliphatic carbocycles. The van der Waals surface area contributed by atoms with Crippen molar-refractivity contribution in [3.05, 3.63) is 48.0 Å². The molecule has 0 bridgehead atoms. The summed E-state index contributed by atoms with van der Waals surface area (Å²) >= 11 is 0. The number of aromatic amines is 1. The Morgan fingerprint density at radius 3 is 2.65 bits per heavy atom. The molecule has 0 saturated carbocycles. The maximum Gasteiger partial charge on any atom is 0.274 e. The van der Waals surface area contributed by atoms with E-state index in [1.165, 1.54) is 0 Å². The highest BCUT2D eigenvalue weighted by Crippen LogP contribution is 2.10. The second-order valence-electron chi connectivity index (χ2n) is 4.88. The van der Waals surface area contributed by atoms with Crippen LogP contribution in [0, 0.1) is 6.92 Å². The van der Waals surface area contributed by atoms with Gasteiger partial charge >= 0.3 is 0 Å². The van der Waals surface area contributed by atoms with Crippen molar-refractivity contribution >= 4 is 12.0 Å². The first kappa shape index (κ1) is 12.7. The molecule has 3 rings (SSSR count). The number of furan rings is 1. The van der Waals surface area contributed by atoms with E-state index in [1.807, 2.05) is 31.3 Å². The Labute approximate surface area is 118 Å². The largest absolute Gasteiger partial charge is 0.460 e. The summed E-state index contributed by atoms with van der Waals surface area (Å²) in [7, 11) is 0. The van der Waals surface area contributed by atoms with Gasteiger partial charge < -0.3 is 4.42 Å². The molecule has 0 unspecified atom stereocenters. The fourth-order valence-electron chi connectivity index (χ4n) is 2.29. The van der Waals surface area contributed by atoms with Crippen LogP contribution >= 0.6 is 0 Å². The molecule has 5 nitrogen and oxygen atoms in total. The Hall–Kier alpha value is -2.30. The lowest BCUT2D eigenvalue weighted by atomic mass is 10.3. The van der Waals surface area contributed by atoms with Gasteiger partial charge in [0, 0.05) is 6.07 Å². The van der Waals surface area contributed by atoms with Crippen LogP contribution in [0.15, 0.2) is 46.0 Å². The number of piperazine rings is 1. The number of hydrazone groups is 1. The van der Waals surface area contributed by atoms with Gasteiger partial charge in [-0.05, 0) is 25.1 Å². The molecule has 1 saturated heterocycles. The van der Waals surface area contributed by atoms with Crippen molar-refractivity contribution in [3.8, 4) is 0 Å². The van der Waals surface area contributed by atoms with Crippen LogP contribution in [0.2, 0.25) is 0 Å². The molecule has 3 heterocycles. The van der Waals surface area contributed by atoms with Crippen molar-refractivity contribution in [2.24, 2.45) is 5.10 Å². The summed E-state index contributed by atoms with van der Waals surface area (Å²) in [6.45, 7) is 5.70. The number of hydrogen-bond donors (Lipinski definition) is 0. The van der Waals surface area contributed by atoms with Gasteiger partial charge in [0.15, 0.2) is 0 Å². The predicted octanol–water partition coefficient (Wildman–Crippen LogP) is 1.56. The second kappa shape index (κ2) is 5.77. The average Bonchev–Trinajstić information content (AvgIpc) is 2.92. The first-order chi connectivity index (χ1) is 9.81. The van der Waals surface area contributed by atoms with Gasteiger partial charge in [0.25, 0.3) is 5.82 Å². The molecule has 1 N–H and O–H groups in total. The van der Waals surface area contributed by atoms with E-state index in [0.717, 1.165) is 43.5 Å². The molecule has 5 heteroatoms. The summed E-state index contributed by atoms with van der Waals surface area (Å²) in [5.41, 5.74) is 0. The van der Waals surface area contributed by atoms with Crippen molar-refractivity contribution in [3.63, 3.8) is 0 Å². The van der Waals surface area contributed by atoms with Gasteiger partial charge in [-0.1, -0.05) is 6.07 Å². The number of rotatable bonds is 3. The molecule has 20 heavy (non-hydrogen) atoms. The van der Waals surface area contributed by atoms with E-state index in [0.29, 0.717) is 0 Å². The normalized spacial score (nSPS) is 16.1. The Balaban J connectivity index is 1.55. The summed E-state index contributed by atoms with van der Waals surface area (Å²) in [5.74, 6) is 2.88. The van der Waals surface area contributed by atoms with Gasteiger partial charge in [0.2, 0.25) is 0 Å². The lowest BCUT2D eigenvalue weighted by Gasteiger charge is -2.28. The molecule has 104 valence electrons. The quantitative estimate of drug-likeness (QED) is 0.796. The van der Waals surface area contributed by atoms with E-state index in [4.69, 9.17) is 4.42 Å². The van der Waals surface area contributed by atoms with Crippen LogP contribution in [-0.4, -0.2) is 37.4 Å². The highest BCUT2D eigenvalue weighted by atomic mass is 16.3. The summed E-state index contributed by atoms with van der Waals surface area (Å²) < 4.78 is 5.47. The van der Waals surface area contributed by atoms with Gasteiger partial charge in [-0.25, -0.2) is 4.98 Å². The zero-order valence-corrected chi connectivity index (χ0v) is 11.6. The summed E-state index contributed by atoms with van der Waals surface area (Å²) in [4.78, 5) is 5.60. The van der Waals surface area contributed by atoms with E-state index in [9.17, 15) is 0 Å². The third-order valence-electron chi connectivity index (χ3n) is 3.40. The smallest absolute Gasteiger partial charge is 0.274 e. The van der Waals surface area contributed by atoms with E-state index >= 15 is 0 Å². The van der Waals surface area contributed by atoms with Crippen LogP contribution in [0.3, 0.4) is 0 Å². The van der Waals surface area contributed by atoms with Crippen molar-refractivity contribution in [1.82, 2.24) is 5.01 Å². The van der Waals surface area contributed by atoms with Crippen LogP contribution < -0.4 is 9.88 Å². The second-order valence-corrected chi connectivity index (χ2v) is 4.88. The number of pyridine rings is 1. The van der Waals surface area contributed by atoms with Gasteiger partial charge in [-0.2, -0.15) is 5.10 Å². The fourth-order valence-corrected chi connectivity index (χ4v) is 2.29. The zero-order valence-electron chi connectivity index (χ0n) is 11.6. The number of nitrogens with zero attached hydrogens (tertiary/aromatic N) is 3. The van der Waals surface area contributed by atoms with Gasteiger partial charge in [-0.3, -0.25) is 9.91 Å². The molecule has 2 aromatic heterocycles. The molecule has 0 atom stereocenters. The first-order valence-corrected chi connectivity index (χ1v) is 6.88. The minimum absolute atomic E-state index is 0.807. The van der Waals surface area contributed by atoms with Crippen LogP contribution in [0.4, 0.5) is 5.82 Å². The van der Waals surface area contributed by atoms with Crippen molar-refractivity contribution < 1.29 is 9.40 Å². The predicted molar refractivity (Wildman–Crippen MR) is 77.8 cm³/mol. The molecule has 0 amide bonds. The van der Waals surface area contributed by atoms with Crippen LogP contribution in [0.1, 0.15) is 11.5 Å². The third kappa shape index (κ3) is 2.99. The summed E-state index contributed by atoms with van der Waals surface area (Å²) in [6.07, 6.45) is 3.75. The number of hydrogen-bond acceptors (Lipinski definition) is 4. The molecule has 0 spiro atoms. The topological polar surface area (TPSA) is 46.1 Å². The lowest BCUT2D eigenvalue weighted by molar-refractivity contribution is -0.364. The Morgan fingerprint density at radius 2 is 2.00 bits per heavy atom. The van der Waals surface area contributed by atoms with E-state index < -0.39 is 0 Å². The first-order valence-electron chi connectivity index (χ1n) is 6.88. The van der Waals surface area contributed by atoms with E-state index in [-0.39, 0.29) is 0 Å². The molecule has 1 aliphatic heterocycles. The number of aryl methyl sites for hydroxylation is 1. The monoisotopic (exact) mass is 271 g/mol. The van der Waals surface area contributed by atoms with Crippen LogP contribution in [0.5, 0.6) is 0 Å². The van der Waals surface area contributed by atoms with Gasteiger partial charge in [0.1, 0.15) is 24.6 Å². The average molecular weight is 271 g/mol. The Kier molecular flexibility index (Phi) is 3.67. The Morgan fingerprint density at radius 1 is 1.15 bits per heavy atom. The third-order valence-corrected chi connectivity index (χ3v) is 3.40. The molecule has 2 aromatic rings. The van der Waals surface area contributed by atoms with E-state index in [2.05, 4.69) is 32.1 Å². The standard InChI is InChI=1S/C15H18N4O/c1-13-5-6-14(20-13)12-17-19-10-8-18(9-11-19)15-4-2-3-7-16-15/h2-7,12H,8-11H2,1H3/p+1/b17-12-. The molecule has 1 aliphatic rings. The minimum atomic E-state index is 0.807. The van der Waals surface area contributed by atoms with Crippen LogP contribution in [0.25, 0.3) is 0 Å². The number of nitrogens with one attached hydrogen (secondary N) is 1. The highest BCUT2D eigenvalue weighted by Gasteiger charge is 2.21. The summed E-state index contributed by atoms with van der Waals surface area (Å²) in [5, 5.41) is 6.55. The summed E-state index contributed by atoms with van der Waals surface area (Å²) in [6, 6.07) is 10.0. The number of H-pyrrole nitrogens is 1. The fraction of sp³-hybridized carbons (Fsp3) is 0.333. The highest BCUT2D eigenvalue weighted by molar-refractivity contribution is 5.75. The van der Waals surface area contributed by atoms with Crippen LogP contribution in [-0.2, 0) is 0 Å². The molecular formula is C15H19N4O+. The Bertz CT molecular complexity index is 571. The minimum Gasteiger partial charge on any atom is -0.460 e. The number of anilines is 1. The van der Waals surface area contributed by atoms with Gasteiger partial charge in [-0.15, -0.1) is 0 Å². The molecule has 0 aromatic carbocycles. The maximum absolute atomic E-state index is 5.47. The van der Waals surface area contributed by atoms with E-state index in [1.54, 1.807) is 6.21 Å². The SMILES string of the molecule is Cc1ccc(/C=N\N2CCN(c3cccc[nH+]3)CC2)o1. The van der Waals surface area contributed by atoms with Crippen molar-refractivity contribution in [2.75, 3.05) is 31.1 Å². The van der Waals surface area contributed by atoms with Crippen molar-refractivity contribution in [1.29, 1.82) is 0 Å². The lowest BCUT2D eigenvalue weighted by Crippen LogP contribution is -2.45. The van der Waals surface area contributed by atoms with Gasteiger partial charge in [0.05, 0.1) is 25.5 Å². The zero-order chi connectivity index (χ0) is 13.8.